The molecule has 0 fully saturated rings. The van der Waals surface area contributed by atoms with Crippen molar-refractivity contribution in [3.8, 4) is 16.3 Å². The van der Waals surface area contributed by atoms with Crippen molar-refractivity contribution in [2.75, 3.05) is 0 Å². The van der Waals surface area contributed by atoms with Crippen LogP contribution in [0.1, 0.15) is 11.3 Å². The number of fused-ring (bicyclic) bond motifs is 1. The number of aryl methyl sites for hydroxylation is 1. The van der Waals surface area contributed by atoms with E-state index in [1.807, 2.05) is 54.6 Å². The zero-order chi connectivity index (χ0) is 17.2. The van der Waals surface area contributed by atoms with Crippen LogP contribution in [0.3, 0.4) is 0 Å². The van der Waals surface area contributed by atoms with Crippen molar-refractivity contribution in [2.24, 2.45) is 0 Å². The van der Waals surface area contributed by atoms with Crippen LogP contribution in [-0.2, 0) is 6.61 Å². The highest BCUT2D eigenvalue weighted by molar-refractivity contribution is 7.19. The zero-order valence-corrected chi connectivity index (χ0v) is 14.2. The normalized spacial score (nSPS) is 10.9. The molecule has 0 radical (unpaired) electrons. The maximum absolute atomic E-state index is 12.1. The Morgan fingerprint density at radius 3 is 2.76 bits per heavy atom. The van der Waals surface area contributed by atoms with Gasteiger partial charge in [-0.15, -0.1) is 10.2 Å². The van der Waals surface area contributed by atoms with Crippen LogP contribution in [0.25, 0.3) is 15.5 Å². The summed E-state index contributed by atoms with van der Waals surface area (Å²) in [5, 5.41) is 12.9. The Morgan fingerprint density at radius 2 is 1.92 bits per heavy atom. The highest BCUT2D eigenvalue weighted by atomic mass is 32.1. The third kappa shape index (κ3) is 3.14. The van der Waals surface area contributed by atoms with Gasteiger partial charge in [-0.2, -0.15) is 9.61 Å². The predicted molar refractivity (Wildman–Crippen MR) is 95.9 cm³/mol. The third-order valence-corrected chi connectivity index (χ3v) is 4.62. The number of benzene rings is 2. The maximum atomic E-state index is 12.1. The molecular weight excluding hydrogens is 336 g/mol. The Kier molecular flexibility index (Phi) is 3.99. The number of ether oxygens (including phenoxy) is 1. The first-order chi connectivity index (χ1) is 12.2. The van der Waals surface area contributed by atoms with Gasteiger partial charge in [0.1, 0.15) is 23.1 Å². The van der Waals surface area contributed by atoms with E-state index >= 15 is 0 Å². The van der Waals surface area contributed by atoms with E-state index in [9.17, 15) is 4.79 Å². The highest BCUT2D eigenvalue weighted by Gasteiger charge is 2.11. The van der Waals surface area contributed by atoms with E-state index in [1.165, 1.54) is 15.9 Å². The van der Waals surface area contributed by atoms with Crippen molar-refractivity contribution in [3.05, 3.63) is 76.2 Å². The molecule has 0 aliphatic heterocycles. The van der Waals surface area contributed by atoms with Gasteiger partial charge in [0.15, 0.2) is 0 Å². The molecular formula is C18H14N4O2S. The Labute approximate surface area is 147 Å². The van der Waals surface area contributed by atoms with Gasteiger partial charge in [0.2, 0.25) is 4.96 Å². The van der Waals surface area contributed by atoms with Crippen molar-refractivity contribution in [3.63, 3.8) is 0 Å². The fourth-order valence-electron chi connectivity index (χ4n) is 2.37. The summed E-state index contributed by atoms with van der Waals surface area (Å²) in [5.41, 5.74) is 2.06. The van der Waals surface area contributed by atoms with Gasteiger partial charge in [-0.05, 0) is 24.6 Å². The predicted octanol–water partition coefficient (Wildman–Crippen LogP) is 3.10. The first-order valence-electron chi connectivity index (χ1n) is 7.71. The topological polar surface area (TPSA) is 69.4 Å². The van der Waals surface area contributed by atoms with Crippen molar-refractivity contribution in [1.29, 1.82) is 0 Å². The lowest BCUT2D eigenvalue weighted by Crippen LogP contribution is -2.19. The fourth-order valence-corrected chi connectivity index (χ4v) is 3.20. The second kappa shape index (κ2) is 6.45. The number of rotatable bonds is 4. The van der Waals surface area contributed by atoms with Crippen molar-refractivity contribution in [2.45, 2.75) is 13.5 Å². The van der Waals surface area contributed by atoms with Gasteiger partial charge < -0.3 is 4.74 Å². The third-order valence-electron chi connectivity index (χ3n) is 3.68. The van der Waals surface area contributed by atoms with Crippen LogP contribution >= 0.6 is 11.3 Å². The summed E-state index contributed by atoms with van der Waals surface area (Å²) in [4.78, 5) is 12.6. The van der Waals surface area contributed by atoms with E-state index in [4.69, 9.17) is 4.74 Å². The van der Waals surface area contributed by atoms with Gasteiger partial charge in [0.25, 0.3) is 5.56 Å². The Morgan fingerprint density at radius 1 is 1.08 bits per heavy atom. The van der Waals surface area contributed by atoms with Crippen LogP contribution in [0.15, 0.2) is 59.4 Å². The van der Waals surface area contributed by atoms with Crippen LogP contribution in [0.5, 0.6) is 5.75 Å². The molecule has 0 saturated carbocycles. The number of hydrogen-bond acceptors (Lipinski definition) is 6. The van der Waals surface area contributed by atoms with Gasteiger partial charge in [-0.3, -0.25) is 4.79 Å². The molecule has 25 heavy (non-hydrogen) atoms. The van der Waals surface area contributed by atoms with E-state index in [0.717, 1.165) is 16.9 Å². The highest BCUT2D eigenvalue weighted by Crippen LogP contribution is 2.27. The molecule has 0 saturated heterocycles. The van der Waals surface area contributed by atoms with Crippen LogP contribution in [0.2, 0.25) is 0 Å². The number of aromatic nitrogens is 4. The molecule has 0 amide bonds. The molecule has 0 atom stereocenters. The Hall–Kier alpha value is -3.06. The summed E-state index contributed by atoms with van der Waals surface area (Å²) in [6.45, 7) is 2.12. The lowest BCUT2D eigenvalue weighted by atomic mass is 10.2. The van der Waals surface area contributed by atoms with Crippen molar-refractivity contribution < 1.29 is 4.74 Å². The van der Waals surface area contributed by atoms with E-state index in [2.05, 4.69) is 15.3 Å². The molecule has 0 N–H and O–H groups in total. The summed E-state index contributed by atoms with van der Waals surface area (Å²) in [6.07, 6.45) is 0. The average molecular weight is 350 g/mol. The zero-order valence-electron chi connectivity index (χ0n) is 13.4. The maximum Gasteiger partial charge on any atom is 0.296 e. The summed E-state index contributed by atoms with van der Waals surface area (Å²) in [6, 6.07) is 17.6. The number of nitrogens with zero attached hydrogens (tertiary/aromatic N) is 4. The standard InChI is InChI=1S/C18H14N4O2S/c1-12-17(23)22-18(20-19-12)25-16(21-22)14-8-5-9-15(10-14)24-11-13-6-3-2-4-7-13/h2-10H,11H2,1H3. The van der Waals surface area contributed by atoms with E-state index in [1.54, 1.807) is 6.92 Å². The Bertz CT molecular complexity index is 1090. The fraction of sp³-hybridized carbons (Fsp3) is 0.111. The van der Waals surface area contributed by atoms with E-state index < -0.39 is 0 Å². The SMILES string of the molecule is Cc1nnc2sc(-c3cccc(OCc4ccccc4)c3)nn2c1=O. The first-order valence-corrected chi connectivity index (χ1v) is 8.53. The molecule has 0 aliphatic rings. The van der Waals surface area contributed by atoms with Gasteiger partial charge in [0.05, 0.1) is 0 Å². The molecule has 0 bridgehead atoms. The monoisotopic (exact) mass is 350 g/mol. The first kappa shape index (κ1) is 15.5. The summed E-state index contributed by atoms with van der Waals surface area (Å²) >= 11 is 1.32. The molecule has 124 valence electrons. The van der Waals surface area contributed by atoms with E-state index in [0.29, 0.717) is 22.3 Å². The lowest BCUT2D eigenvalue weighted by molar-refractivity contribution is 0.306. The molecule has 6 nitrogen and oxygen atoms in total. The number of hydrogen-bond donors (Lipinski definition) is 0. The van der Waals surface area contributed by atoms with Gasteiger partial charge in [-0.25, -0.2) is 0 Å². The van der Waals surface area contributed by atoms with Crippen LogP contribution in [0.4, 0.5) is 0 Å². The van der Waals surface area contributed by atoms with Crippen LogP contribution in [0, 0.1) is 6.92 Å². The second-order valence-corrected chi connectivity index (χ2v) is 6.45. The van der Waals surface area contributed by atoms with Crippen LogP contribution in [-0.4, -0.2) is 19.8 Å². The van der Waals surface area contributed by atoms with Gasteiger partial charge in [0, 0.05) is 5.56 Å². The van der Waals surface area contributed by atoms with Gasteiger partial charge in [-0.1, -0.05) is 53.8 Å². The second-order valence-electron chi connectivity index (χ2n) is 5.49. The molecule has 0 unspecified atom stereocenters. The molecule has 0 aliphatic carbocycles. The van der Waals surface area contributed by atoms with Crippen LogP contribution < -0.4 is 10.3 Å². The van der Waals surface area contributed by atoms with Crippen molar-refractivity contribution >= 4 is 16.3 Å². The molecule has 2 heterocycles. The minimum Gasteiger partial charge on any atom is -0.489 e. The van der Waals surface area contributed by atoms with Crippen molar-refractivity contribution in [1.82, 2.24) is 19.8 Å². The summed E-state index contributed by atoms with van der Waals surface area (Å²) in [5.74, 6) is 0.746. The molecule has 0 spiro atoms. The molecule has 2 aromatic carbocycles. The molecule has 4 aromatic rings. The molecule has 7 heteroatoms. The smallest absolute Gasteiger partial charge is 0.296 e. The molecule has 4 rings (SSSR count). The van der Waals surface area contributed by atoms with Gasteiger partial charge >= 0.3 is 0 Å². The van der Waals surface area contributed by atoms with E-state index in [-0.39, 0.29) is 5.56 Å². The summed E-state index contributed by atoms with van der Waals surface area (Å²) < 4.78 is 7.14. The minimum atomic E-state index is -0.246. The quantitative estimate of drug-likeness (QED) is 0.566. The average Bonchev–Trinajstić information content (AvgIpc) is 3.09. The Balaban J connectivity index is 1.63. The lowest BCUT2D eigenvalue weighted by Gasteiger charge is -2.07. The largest absolute Gasteiger partial charge is 0.489 e. The minimum absolute atomic E-state index is 0.246. The summed E-state index contributed by atoms with van der Waals surface area (Å²) in [7, 11) is 0. The molecule has 2 aromatic heterocycles.